The minimum atomic E-state index is 0.0615. The first-order valence-electron chi connectivity index (χ1n) is 4.68. The zero-order chi connectivity index (χ0) is 9.03. The zero-order valence-electron chi connectivity index (χ0n) is 8.06. The fraction of sp³-hybridized carbons (Fsp3) is 0.800. The standard InChI is InChI=1S/C10H19NO/c1-9(2)4-7-11-10(8-12)5-3-6-10/h4,11-12H,3,5-8H2,1-2H3. The van der Waals surface area contributed by atoms with Crippen molar-refractivity contribution in [3.05, 3.63) is 11.6 Å². The normalized spacial score (nSPS) is 19.9. The van der Waals surface area contributed by atoms with Gasteiger partial charge in [-0.3, -0.25) is 0 Å². The number of nitrogens with one attached hydrogen (secondary N) is 1. The molecule has 1 aliphatic carbocycles. The van der Waals surface area contributed by atoms with Gasteiger partial charge in [0.1, 0.15) is 0 Å². The highest BCUT2D eigenvalue weighted by molar-refractivity contribution is 5.00. The van der Waals surface area contributed by atoms with Crippen LogP contribution in [-0.4, -0.2) is 23.8 Å². The minimum Gasteiger partial charge on any atom is -0.394 e. The summed E-state index contributed by atoms with van der Waals surface area (Å²) in [7, 11) is 0. The SMILES string of the molecule is CC(C)=CCNC1(CO)CCC1. The van der Waals surface area contributed by atoms with Crippen LogP contribution < -0.4 is 5.32 Å². The van der Waals surface area contributed by atoms with Gasteiger partial charge in [0, 0.05) is 12.1 Å². The molecule has 0 bridgehead atoms. The maximum atomic E-state index is 9.12. The van der Waals surface area contributed by atoms with Crippen molar-refractivity contribution in [3.63, 3.8) is 0 Å². The van der Waals surface area contributed by atoms with Crippen LogP contribution in [0, 0.1) is 0 Å². The molecule has 2 nitrogen and oxygen atoms in total. The lowest BCUT2D eigenvalue weighted by atomic mass is 9.77. The average Bonchev–Trinajstić information content (AvgIpc) is 1.94. The van der Waals surface area contributed by atoms with E-state index in [0.29, 0.717) is 0 Å². The summed E-state index contributed by atoms with van der Waals surface area (Å²) < 4.78 is 0. The third-order valence-electron chi connectivity index (χ3n) is 2.60. The molecule has 2 heteroatoms. The quantitative estimate of drug-likeness (QED) is 0.624. The summed E-state index contributed by atoms with van der Waals surface area (Å²) in [5, 5.41) is 12.5. The van der Waals surface area contributed by atoms with Crippen molar-refractivity contribution in [2.75, 3.05) is 13.2 Å². The summed E-state index contributed by atoms with van der Waals surface area (Å²) >= 11 is 0. The molecule has 0 radical (unpaired) electrons. The number of allylic oxidation sites excluding steroid dienone is 1. The van der Waals surface area contributed by atoms with Crippen LogP contribution in [-0.2, 0) is 0 Å². The Kier molecular flexibility index (Phi) is 3.29. The van der Waals surface area contributed by atoms with Gasteiger partial charge in [0.2, 0.25) is 0 Å². The third kappa shape index (κ3) is 2.32. The largest absolute Gasteiger partial charge is 0.394 e. The van der Waals surface area contributed by atoms with Gasteiger partial charge in [-0.05, 0) is 33.1 Å². The number of hydrogen-bond donors (Lipinski definition) is 2. The molecule has 0 atom stereocenters. The molecule has 1 rings (SSSR count). The summed E-state index contributed by atoms with van der Waals surface area (Å²) in [4.78, 5) is 0. The first-order chi connectivity index (χ1) is 5.68. The van der Waals surface area contributed by atoms with Crippen molar-refractivity contribution in [1.29, 1.82) is 0 Å². The van der Waals surface area contributed by atoms with Gasteiger partial charge in [-0.25, -0.2) is 0 Å². The molecule has 0 spiro atoms. The highest BCUT2D eigenvalue weighted by Gasteiger charge is 2.34. The molecule has 70 valence electrons. The van der Waals surface area contributed by atoms with Crippen molar-refractivity contribution in [2.24, 2.45) is 0 Å². The molecule has 0 saturated heterocycles. The second-order valence-corrected chi connectivity index (χ2v) is 3.95. The van der Waals surface area contributed by atoms with Crippen LogP contribution >= 0.6 is 0 Å². The molecule has 0 aromatic carbocycles. The Hall–Kier alpha value is -0.340. The van der Waals surface area contributed by atoms with Gasteiger partial charge in [-0.2, -0.15) is 0 Å². The van der Waals surface area contributed by atoms with Crippen molar-refractivity contribution < 1.29 is 5.11 Å². The molecule has 1 saturated carbocycles. The van der Waals surface area contributed by atoms with E-state index in [0.717, 1.165) is 19.4 Å². The van der Waals surface area contributed by atoms with Crippen molar-refractivity contribution in [2.45, 2.75) is 38.6 Å². The first-order valence-corrected chi connectivity index (χ1v) is 4.68. The van der Waals surface area contributed by atoms with Crippen LogP contribution in [0.25, 0.3) is 0 Å². The lowest BCUT2D eigenvalue weighted by Gasteiger charge is -2.41. The van der Waals surface area contributed by atoms with Crippen molar-refractivity contribution in [3.8, 4) is 0 Å². The Morgan fingerprint density at radius 2 is 2.17 bits per heavy atom. The molecule has 0 aromatic heterocycles. The number of aliphatic hydroxyl groups is 1. The smallest absolute Gasteiger partial charge is 0.0613 e. The summed E-state index contributed by atoms with van der Waals surface area (Å²) in [6.45, 7) is 5.36. The molecule has 0 unspecified atom stereocenters. The van der Waals surface area contributed by atoms with Crippen molar-refractivity contribution in [1.82, 2.24) is 5.32 Å². The number of rotatable bonds is 4. The second-order valence-electron chi connectivity index (χ2n) is 3.95. The second kappa shape index (κ2) is 4.06. The Labute approximate surface area is 74.7 Å². The number of hydrogen-bond acceptors (Lipinski definition) is 2. The Balaban J connectivity index is 2.25. The first kappa shape index (κ1) is 9.75. The van der Waals surface area contributed by atoms with Crippen LogP contribution in [0.4, 0.5) is 0 Å². The van der Waals surface area contributed by atoms with E-state index in [9.17, 15) is 0 Å². The van der Waals surface area contributed by atoms with Crippen LogP contribution in [0.2, 0.25) is 0 Å². The van der Waals surface area contributed by atoms with Gasteiger partial charge in [0.15, 0.2) is 0 Å². The Bertz CT molecular complexity index is 161. The monoisotopic (exact) mass is 169 g/mol. The van der Waals surface area contributed by atoms with Crippen LogP contribution in [0.15, 0.2) is 11.6 Å². The van der Waals surface area contributed by atoms with E-state index in [2.05, 4.69) is 25.2 Å². The van der Waals surface area contributed by atoms with E-state index in [-0.39, 0.29) is 12.1 Å². The summed E-state index contributed by atoms with van der Waals surface area (Å²) in [5.74, 6) is 0. The Morgan fingerprint density at radius 3 is 2.50 bits per heavy atom. The highest BCUT2D eigenvalue weighted by atomic mass is 16.3. The van der Waals surface area contributed by atoms with Gasteiger partial charge in [-0.1, -0.05) is 11.6 Å². The van der Waals surface area contributed by atoms with E-state index in [4.69, 9.17) is 5.11 Å². The average molecular weight is 169 g/mol. The molecule has 0 amide bonds. The van der Waals surface area contributed by atoms with Gasteiger partial charge in [0.25, 0.3) is 0 Å². The Morgan fingerprint density at radius 1 is 1.50 bits per heavy atom. The van der Waals surface area contributed by atoms with Gasteiger partial charge < -0.3 is 10.4 Å². The van der Waals surface area contributed by atoms with E-state index in [1.54, 1.807) is 0 Å². The molecular weight excluding hydrogens is 150 g/mol. The molecule has 0 aliphatic heterocycles. The predicted octanol–water partition coefficient (Wildman–Crippen LogP) is 1.46. The summed E-state index contributed by atoms with van der Waals surface area (Å²) in [5.41, 5.74) is 1.39. The maximum absolute atomic E-state index is 9.12. The van der Waals surface area contributed by atoms with E-state index in [1.807, 2.05) is 0 Å². The topological polar surface area (TPSA) is 32.3 Å². The minimum absolute atomic E-state index is 0.0615. The summed E-state index contributed by atoms with van der Waals surface area (Å²) in [6, 6.07) is 0. The molecule has 1 fully saturated rings. The van der Waals surface area contributed by atoms with Gasteiger partial charge in [0.05, 0.1) is 6.61 Å². The lowest BCUT2D eigenvalue weighted by molar-refractivity contribution is 0.0925. The molecular formula is C10H19NO. The molecule has 0 heterocycles. The van der Waals surface area contributed by atoms with E-state index in [1.165, 1.54) is 12.0 Å². The number of aliphatic hydroxyl groups excluding tert-OH is 1. The van der Waals surface area contributed by atoms with Crippen LogP contribution in [0.1, 0.15) is 33.1 Å². The van der Waals surface area contributed by atoms with Crippen molar-refractivity contribution >= 4 is 0 Å². The third-order valence-corrected chi connectivity index (χ3v) is 2.60. The fourth-order valence-corrected chi connectivity index (χ4v) is 1.47. The maximum Gasteiger partial charge on any atom is 0.0613 e. The molecule has 1 aliphatic rings. The predicted molar refractivity (Wildman–Crippen MR) is 51.1 cm³/mol. The van der Waals surface area contributed by atoms with Gasteiger partial charge in [-0.15, -0.1) is 0 Å². The van der Waals surface area contributed by atoms with Crippen LogP contribution in [0.5, 0.6) is 0 Å². The fourth-order valence-electron chi connectivity index (χ4n) is 1.47. The van der Waals surface area contributed by atoms with Crippen LogP contribution in [0.3, 0.4) is 0 Å². The lowest BCUT2D eigenvalue weighted by Crippen LogP contribution is -2.53. The van der Waals surface area contributed by atoms with E-state index < -0.39 is 0 Å². The molecule has 12 heavy (non-hydrogen) atoms. The highest BCUT2D eigenvalue weighted by Crippen LogP contribution is 2.30. The van der Waals surface area contributed by atoms with Gasteiger partial charge >= 0.3 is 0 Å². The summed E-state index contributed by atoms with van der Waals surface area (Å²) in [6.07, 6.45) is 5.66. The zero-order valence-corrected chi connectivity index (χ0v) is 8.06. The molecule has 2 N–H and O–H groups in total. The van der Waals surface area contributed by atoms with E-state index >= 15 is 0 Å². The molecule has 0 aromatic rings.